The fourth-order valence-electron chi connectivity index (χ4n) is 3.11. The van der Waals surface area contributed by atoms with Crippen molar-refractivity contribution in [3.8, 4) is 0 Å². The van der Waals surface area contributed by atoms with Gasteiger partial charge in [-0.1, -0.05) is 18.0 Å². The Morgan fingerprint density at radius 3 is 2.74 bits per heavy atom. The minimum Gasteiger partial charge on any atom is -0.409 e. The van der Waals surface area contributed by atoms with Crippen molar-refractivity contribution in [1.29, 1.82) is 0 Å². The standard InChI is InChI=1S/C13H23N3O3/c1-9-10(4-7-19-9)8-15-12(17)13(11(14)16-18)5-2-3-6-13/h9-10,18H,2-8H2,1H3,(H2,14,16)(H,15,17). The molecule has 19 heavy (non-hydrogen) atoms. The van der Waals surface area contributed by atoms with Gasteiger partial charge in [-0.05, 0) is 26.2 Å². The molecule has 108 valence electrons. The average Bonchev–Trinajstić information content (AvgIpc) is 3.05. The third-order valence-electron chi connectivity index (χ3n) is 4.55. The van der Waals surface area contributed by atoms with Crippen LogP contribution in [0.3, 0.4) is 0 Å². The second-order valence-corrected chi connectivity index (χ2v) is 5.61. The van der Waals surface area contributed by atoms with Gasteiger partial charge in [0.1, 0.15) is 5.41 Å². The molecule has 0 aromatic carbocycles. The van der Waals surface area contributed by atoms with Crippen molar-refractivity contribution in [2.45, 2.75) is 45.1 Å². The summed E-state index contributed by atoms with van der Waals surface area (Å²) >= 11 is 0. The molecule has 2 fully saturated rings. The monoisotopic (exact) mass is 269 g/mol. The molecule has 1 amide bonds. The van der Waals surface area contributed by atoms with Crippen molar-refractivity contribution in [2.24, 2.45) is 22.2 Å². The number of carbonyl (C=O) groups is 1. The molecule has 4 N–H and O–H groups in total. The predicted octanol–water partition coefficient (Wildman–Crippen LogP) is 0.834. The van der Waals surface area contributed by atoms with E-state index in [9.17, 15) is 4.79 Å². The van der Waals surface area contributed by atoms with E-state index in [1.807, 2.05) is 6.92 Å². The summed E-state index contributed by atoms with van der Waals surface area (Å²) in [5.41, 5.74) is 4.93. The van der Waals surface area contributed by atoms with Crippen LogP contribution in [0.1, 0.15) is 39.0 Å². The first-order valence-electron chi connectivity index (χ1n) is 6.98. The van der Waals surface area contributed by atoms with Gasteiger partial charge in [0.05, 0.1) is 6.10 Å². The maximum atomic E-state index is 12.4. The number of ether oxygens (including phenoxy) is 1. The molecule has 6 nitrogen and oxygen atoms in total. The lowest BCUT2D eigenvalue weighted by molar-refractivity contribution is -0.127. The second-order valence-electron chi connectivity index (χ2n) is 5.61. The van der Waals surface area contributed by atoms with Gasteiger partial charge >= 0.3 is 0 Å². The van der Waals surface area contributed by atoms with Crippen molar-refractivity contribution < 1.29 is 14.7 Å². The van der Waals surface area contributed by atoms with E-state index in [1.54, 1.807) is 0 Å². The van der Waals surface area contributed by atoms with E-state index in [4.69, 9.17) is 15.7 Å². The summed E-state index contributed by atoms with van der Waals surface area (Å²) in [5.74, 6) is 0.285. The number of hydrogen-bond acceptors (Lipinski definition) is 4. The molecule has 1 heterocycles. The quantitative estimate of drug-likeness (QED) is 0.305. The number of rotatable bonds is 4. The van der Waals surface area contributed by atoms with Crippen LogP contribution in [-0.2, 0) is 9.53 Å². The molecular weight excluding hydrogens is 246 g/mol. The molecule has 1 aliphatic heterocycles. The summed E-state index contributed by atoms with van der Waals surface area (Å²) in [6.45, 7) is 3.38. The van der Waals surface area contributed by atoms with Crippen LogP contribution in [-0.4, -0.2) is 36.2 Å². The molecule has 0 radical (unpaired) electrons. The third-order valence-corrected chi connectivity index (χ3v) is 4.55. The summed E-state index contributed by atoms with van der Waals surface area (Å²) < 4.78 is 5.48. The van der Waals surface area contributed by atoms with Gasteiger partial charge in [0.15, 0.2) is 5.84 Å². The molecule has 2 rings (SSSR count). The van der Waals surface area contributed by atoms with E-state index in [2.05, 4.69) is 10.5 Å². The van der Waals surface area contributed by atoms with Crippen LogP contribution in [0.2, 0.25) is 0 Å². The number of oxime groups is 1. The normalized spacial score (nSPS) is 30.5. The number of amidine groups is 1. The Bertz CT molecular complexity index is 364. The lowest BCUT2D eigenvalue weighted by Gasteiger charge is -2.27. The molecule has 1 saturated carbocycles. The van der Waals surface area contributed by atoms with Gasteiger partial charge in [-0.3, -0.25) is 4.79 Å². The first-order chi connectivity index (χ1) is 9.10. The number of amides is 1. The Morgan fingerprint density at radius 1 is 1.53 bits per heavy atom. The van der Waals surface area contributed by atoms with Gasteiger partial charge in [-0.15, -0.1) is 0 Å². The van der Waals surface area contributed by atoms with Gasteiger partial charge in [-0.25, -0.2) is 0 Å². The van der Waals surface area contributed by atoms with Crippen LogP contribution in [0.15, 0.2) is 5.16 Å². The van der Waals surface area contributed by atoms with Crippen molar-refractivity contribution in [3.63, 3.8) is 0 Å². The van der Waals surface area contributed by atoms with E-state index < -0.39 is 5.41 Å². The topological polar surface area (TPSA) is 96.9 Å². The Kier molecular flexibility index (Phi) is 4.29. The molecule has 1 saturated heterocycles. The molecule has 2 aliphatic rings. The Morgan fingerprint density at radius 2 is 2.21 bits per heavy atom. The summed E-state index contributed by atoms with van der Waals surface area (Å²) in [7, 11) is 0. The minimum absolute atomic E-state index is 0.0400. The number of nitrogens with one attached hydrogen (secondary N) is 1. The highest BCUT2D eigenvalue weighted by atomic mass is 16.5. The zero-order chi connectivity index (χ0) is 13.9. The van der Waals surface area contributed by atoms with Gasteiger partial charge in [0, 0.05) is 19.1 Å². The van der Waals surface area contributed by atoms with Crippen LogP contribution < -0.4 is 11.1 Å². The average molecular weight is 269 g/mol. The maximum Gasteiger partial charge on any atom is 0.233 e. The van der Waals surface area contributed by atoms with Gasteiger partial charge in [0.25, 0.3) is 0 Å². The molecule has 2 unspecified atom stereocenters. The highest BCUT2D eigenvalue weighted by molar-refractivity contribution is 6.07. The van der Waals surface area contributed by atoms with Crippen LogP contribution >= 0.6 is 0 Å². The lowest BCUT2D eigenvalue weighted by atomic mass is 9.83. The molecule has 0 bridgehead atoms. The van der Waals surface area contributed by atoms with Crippen LogP contribution in [0, 0.1) is 11.3 Å². The highest BCUT2D eigenvalue weighted by Gasteiger charge is 2.45. The molecule has 0 spiro atoms. The van der Waals surface area contributed by atoms with Gasteiger partial charge < -0.3 is 21.0 Å². The molecule has 2 atom stereocenters. The number of nitrogens with zero attached hydrogens (tertiary/aromatic N) is 1. The van der Waals surface area contributed by atoms with Crippen LogP contribution in [0.25, 0.3) is 0 Å². The highest BCUT2D eigenvalue weighted by Crippen LogP contribution is 2.38. The molecule has 1 aliphatic carbocycles. The SMILES string of the molecule is CC1OCCC1CNC(=O)C1(C(N)=NO)CCCC1. The Hall–Kier alpha value is -1.30. The minimum atomic E-state index is -0.808. The maximum absolute atomic E-state index is 12.4. The lowest BCUT2D eigenvalue weighted by Crippen LogP contribution is -2.49. The van der Waals surface area contributed by atoms with Gasteiger partial charge in [-0.2, -0.15) is 0 Å². The first-order valence-corrected chi connectivity index (χ1v) is 6.98. The predicted molar refractivity (Wildman–Crippen MR) is 70.8 cm³/mol. The zero-order valence-corrected chi connectivity index (χ0v) is 11.4. The van der Waals surface area contributed by atoms with Crippen molar-refractivity contribution in [2.75, 3.05) is 13.2 Å². The third kappa shape index (κ3) is 2.68. The summed E-state index contributed by atoms with van der Waals surface area (Å²) in [5, 5.41) is 14.9. The first kappa shape index (κ1) is 14.1. The Balaban J connectivity index is 1.97. The smallest absolute Gasteiger partial charge is 0.233 e. The fraction of sp³-hybridized carbons (Fsp3) is 0.846. The largest absolute Gasteiger partial charge is 0.409 e. The van der Waals surface area contributed by atoms with Crippen LogP contribution in [0.5, 0.6) is 0 Å². The molecular formula is C13H23N3O3. The number of hydrogen-bond donors (Lipinski definition) is 3. The second kappa shape index (κ2) is 5.77. The van der Waals surface area contributed by atoms with E-state index in [1.165, 1.54) is 0 Å². The van der Waals surface area contributed by atoms with Crippen molar-refractivity contribution >= 4 is 11.7 Å². The van der Waals surface area contributed by atoms with E-state index in [0.717, 1.165) is 25.9 Å². The molecule has 0 aromatic heterocycles. The number of carbonyl (C=O) groups excluding carboxylic acids is 1. The van der Waals surface area contributed by atoms with E-state index in [0.29, 0.717) is 25.3 Å². The van der Waals surface area contributed by atoms with Crippen molar-refractivity contribution in [3.05, 3.63) is 0 Å². The van der Waals surface area contributed by atoms with Crippen molar-refractivity contribution in [1.82, 2.24) is 5.32 Å². The van der Waals surface area contributed by atoms with Gasteiger partial charge in [0.2, 0.25) is 5.91 Å². The number of nitrogens with two attached hydrogens (primary N) is 1. The molecule has 6 heteroatoms. The fourth-order valence-corrected chi connectivity index (χ4v) is 3.11. The van der Waals surface area contributed by atoms with E-state index in [-0.39, 0.29) is 17.8 Å². The summed E-state index contributed by atoms with van der Waals surface area (Å²) in [4.78, 5) is 12.4. The summed E-state index contributed by atoms with van der Waals surface area (Å²) in [6.07, 6.45) is 4.34. The van der Waals surface area contributed by atoms with E-state index >= 15 is 0 Å². The van der Waals surface area contributed by atoms with Crippen LogP contribution in [0.4, 0.5) is 0 Å². The molecule has 0 aromatic rings. The summed E-state index contributed by atoms with van der Waals surface area (Å²) in [6, 6.07) is 0. The Labute approximate surface area is 113 Å². The zero-order valence-electron chi connectivity index (χ0n) is 11.4.